The highest BCUT2D eigenvalue weighted by Gasteiger charge is 2.25. The third-order valence-electron chi connectivity index (χ3n) is 3.90. The van der Waals surface area contributed by atoms with Crippen LogP contribution in [-0.4, -0.2) is 27.5 Å². The van der Waals surface area contributed by atoms with Crippen LogP contribution in [0.4, 0.5) is 0 Å². The van der Waals surface area contributed by atoms with Crippen LogP contribution in [0.2, 0.25) is 0 Å². The Kier molecular flexibility index (Phi) is 4.90. The molecule has 2 aromatic heterocycles. The molecule has 0 unspecified atom stereocenters. The largest absolute Gasteiger partial charge is 0.494 e. The number of imidazole rings is 1. The molecule has 0 N–H and O–H groups in total. The first-order valence-corrected chi connectivity index (χ1v) is 9.23. The summed E-state index contributed by atoms with van der Waals surface area (Å²) in [6.45, 7) is 8.84. The van der Waals surface area contributed by atoms with Gasteiger partial charge in [0.25, 0.3) is 0 Å². The molecule has 0 saturated carbocycles. The maximum absolute atomic E-state index is 11.5. The fraction of sp³-hybridized carbons (Fsp3) is 0.421. The first kappa shape index (κ1) is 17.6. The Balaban J connectivity index is 1.65. The van der Waals surface area contributed by atoms with Crippen molar-refractivity contribution in [3.63, 3.8) is 0 Å². The molecule has 0 aliphatic carbocycles. The molecule has 0 saturated heterocycles. The second-order valence-electron chi connectivity index (χ2n) is 7.17. The normalized spacial score (nSPS) is 11.8. The second-order valence-corrected chi connectivity index (χ2v) is 8.21. The number of aromatic nitrogens is 3. The smallest absolute Gasteiger partial charge is 0.213 e. The summed E-state index contributed by atoms with van der Waals surface area (Å²) in [5.41, 5.74) is 2.37. The Morgan fingerprint density at radius 1 is 1.32 bits per heavy atom. The van der Waals surface area contributed by atoms with Gasteiger partial charge in [0.1, 0.15) is 16.5 Å². The van der Waals surface area contributed by atoms with Gasteiger partial charge in [-0.25, -0.2) is 4.98 Å². The number of aryl methyl sites for hydroxylation is 2. The van der Waals surface area contributed by atoms with Crippen molar-refractivity contribution in [3.05, 3.63) is 46.2 Å². The number of hydrogen-bond acceptors (Lipinski definition) is 5. The van der Waals surface area contributed by atoms with E-state index >= 15 is 0 Å². The lowest BCUT2D eigenvalue weighted by atomic mass is 9.91. The Labute approximate surface area is 151 Å². The molecule has 3 rings (SSSR count). The van der Waals surface area contributed by atoms with Crippen molar-refractivity contribution >= 4 is 22.6 Å². The zero-order valence-electron chi connectivity index (χ0n) is 15.1. The molecule has 0 amide bonds. The molecule has 1 aromatic carbocycles. The maximum Gasteiger partial charge on any atom is 0.213 e. The molecule has 0 aliphatic rings. The summed E-state index contributed by atoms with van der Waals surface area (Å²) in [7, 11) is 0. The van der Waals surface area contributed by atoms with E-state index < -0.39 is 0 Å². The summed E-state index contributed by atoms with van der Waals surface area (Å²) in [5.74, 6) is 0.895. The average Bonchev–Trinajstić information content (AvgIpc) is 3.08. The van der Waals surface area contributed by atoms with Crippen LogP contribution in [-0.2, 0) is 11.8 Å². The van der Waals surface area contributed by atoms with Gasteiger partial charge in [0.2, 0.25) is 4.96 Å². The SMILES string of the molecule is Cc1cccc(OCCCc2nn3c(C=O)c(C(C)(C)C)nc3s2)c1. The van der Waals surface area contributed by atoms with Gasteiger partial charge in [-0.3, -0.25) is 4.79 Å². The molecule has 0 fully saturated rings. The number of nitrogens with zero attached hydrogens (tertiary/aromatic N) is 3. The maximum atomic E-state index is 11.5. The Bertz CT molecular complexity index is 890. The third kappa shape index (κ3) is 3.90. The van der Waals surface area contributed by atoms with Gasteiger partial charge in [-0.15, -0.1) is 0 Å². The van der Waals surface area contributed by atoms with Crippen molar-refractivity contribution in [1.29, 1.82) is 0 Å². The van der Waals surface area contributed by atoms with Crippen molar-refractivity contribution in [1.82, 2.24) is 14.6 Å². The number of hydrogen-bond donors (Lipinski definition) is 0. The summed E-state index contributed by atoms with van der Waals surface area (Å²) in [6, 6.07) is 8.04. The summed E-state index contributed by atoms with van der Waals surface area (Å²) in [5, 5.41) is 5.53. The summed E-state index contributed by atoms with van der Waals surface area (Å²) >= 11 is 1.54. The monoisotopic (exact) mass is 357 g/mol. The number of ether oxygens (including phenoxy) is 1. The van der Waals surface area contributed by atoms with E-state index in [1.54, 1.807) is 4.52 Å². The Morgan fingerprint density at radius 3 is 2.80 bits per heavy atom. The van der Waals surface area contributed by atoms with Gasteiger partial charge in [-0.2, -0.15) is 9.61 Å². The fourth-order valence-corrected chi connectivity index (χ4v) is 3.62. The van der Waals surface area contributed by atoms with Gasteiger partial charge in [-0.1, -0.05) is 44.2 Å². The lowest BCUT2D eigenvalue weighted by molar-refractivity contribution is 0.111. The standard InChI is InChI=1S/C19H23N3O2S/c1-13-7-5-8-14(11-13)24-10-6-9-16-21-22-15(12-23)17(19(2,3)4)20-18(22)25-16/h5,7-8,11-12H,6,9-10H2,1-4H3. The lowest BCUT2D eigenvalue weighted by Gasteiger charge is -2.15. The summed E-state index contributed by atoms with van der Waals surface area (Å²) < 4.78 is 7.45. The molecule has 0 spiro atoms. The zero-order chi connectivity index (χ0) is 18.0. The number of aldehydes is 1. The number of fused-ring (bicyclic) bond motifs is 1. The van der Waals surface area contributed by atoms with Gasteiger partial charge in [0.05, 0.1) is 12.3 Å². The molecule has 0 bridgehead atoms. The van der Waals surface area contributed by atoms with Gasteiger partial charge in [0, 0.05) is 11.8 Å². The Morgan fingerprint density at radius 2 is 2.12 bits per heavy atom. The van der Waals surface area contributed by atoms with E-state index in [-0.39, 0.29) is 5.41 Å². The number of carbonyl (C=O) groups excluding carboxylic acids is 1. The van der Waals surface area contributed by atoms with Crippen LogP contribution in [0, 0.1) is 6.92 Å². The van der Waals surface area contributed by atoms with Gasteiger partial charge in [-0.05, 0) is 31.0 Å². The Hall–Kier alpha value is -2.21. The van der Waals surface area contributed by atoms with Crippen LogP contribution in [0.5, 0.6) is 5.75 Å². The predicted molar refractivity (Wildman–Crippen MR) is 99.9 cm³/mol. The van der Waals surface area contributed by atoms with Gasteiger partial charge in [0.15, 0.2) is 6.29 Å². The van der Waals surface area contributed by atoms with Crippen molar-refractivity contribution in [2.75, 3.05) is 6.61 Å². The van der Waals surface area contributed by atoms with Crippen molar-refractivity contribution in [2.24, 2.45) is 0 Å². The first-order chi connectivity index (χ1) is 11.9. The van der Waals surface area contributed by atoms with Crippen molar-refractivity contribution in [2.45, 2.75) is 46.0 Å². The molecule has 25 heavy (non-hydrogen) atoms. The molecule has 0 atom stereocenters. The van der Waals surface area contributed by atoms with Crippen molar-refractivity contribution < 1.29 is 9.53 Å². The summed E-state index contributed by atoms with van der Waals surface area (Å²) in [6.07, 6.45) is 2.53. The number of carbonyl (C=O) groups is 1. The molecular weight excluding hydrogens is 334 g/mol. The van der Waals surface area contributed by atoms with Crippen LogP contribution in [0.1, 0.15) is 53.9 Å². The van der Waals surface area contributed by atoms with Crippen LogP contribution in [0.25, 0.3) is 4.96 Å². The molecule has 6 heteroatoms. The van der Waals surface area contributed by atoms with Crippen LogP contribution >= 0.6 is 11.3 Å². The van der Waals surface area contributed by atoms with Gasteiger partial charge >= 0.3 is 0 Å². The van der Waals surface area contributed by atoms with Gasteiger partial charge < -0.3 is 4.74 Å². The molecule has 0 aliphatic heterocycles. The minimum Gasteiger partial charge on any atom is -0.494 e. The zero-order valence-corrected chi connectivity index (χ0v) is 15.9. The van der Waals surface area contributed by atoms with Crippen LogP contribution in [0.15, 0.2) is 24.3 Å². The molecule has 3 aromatic rings. The first-order valence-electron chi connectivity index (χ1n) is 8.42. The average molecular weight is 357 g/mol. The van der Waals surface area contributed by atoms with Crippen LogP contribution < -0.4 is 4.74 Å². The predicted octanol–water partition coefficient (Wildman–Crippen LogP) is 4.22. The topological polar surface area (TPSA) is 56.5 Å². The minimum absolute atomic E-state index is 0.175. The number of rotatable bonds is 6. The lowest BCUT2D eigenvalue weighted by Crippen LogP contribution is -2.15. The summed E-state index contributed by atoms with van der Waals surface area (Å²) in [4.78, 5) is 16.9. The quantitative estimate of drug-likeness (QED) is 0.489. The minimum atomic E-state index is -0.175. The molecule has 5 nitrogen and oxygen atoms in total. The number of benzene rings is 1. The molecular formula is C19H23N3O2S. The molecule has 0 radical (unpaired) electrons. The third-order valence-corrected chi connectivity index (χ3v) is 4.86. The van der Waals surface area contributed by atoms with E-state index in [1.165, 1.54) is 16.9 Å². The van der Waals surface area contributed by atoms with E-state index in [2.05, 4.69) is 43.8 Å². The van der Waals surface area contributed by atoms with Crippen molar-refractivity contribution in [3.8, 4) is 5.75 Å². The van der Waals surface area contributed by atoms with E-state index in [4.69, 9.17) is 4.74 Å². The van der Waals surface area contributed by atoms with E-state index in [0.717, 1.165) is 40.5 Å². The van der Waals surface area contributed by atoms with Crippen LogP contribution in [0.3, 0.4) is 0 Å². The highest BCUT2D eigenvalue weighted by Crippen LogP contribution is 2.27. The highest BCUT2D eigenvalue weighted by atomic mass is 32.1. The fourth-order valence-electron chi connectivity index (χ4n) is 2.68. The van der Waals surface area contributed by atoms with E-state index in [1.807, 2.05) is 18.2 Å². The highest BCUT2D eigenvalue weighted by molar-refractivity contribution is 7.16. The molecule has 132 valence electrons. The van der Waals surface area contributed by atoms with E-state index in [0.29, 0.717) is 12.3 Å². The van der Waals surface area contributed by atoms with E-state index in [9.17, 15) is 4.79 Å². The molecule has 2 heterocycles. The second kappa shape index (κ2) is 6.96.